The van der Waals surface area contributed by atoms with Gasteiger partial charge >= 0.3 is 0 Å². The maximum atomic E-state index is 10.3. The van der Waals surface area contributed by atoms with Crippen molar-refractivity contribution in [2.24, 2.45) is 0 Å². The molecular weight excluding hydrogens is 877 g/mol. The smallest absolute Gasteiger partial charge is 0.196 e. The van der Waals surface area contributed by atoms with Gasteiger partial charge in [0.15, 0.2) is 28.8 Å². The van der Waals surface area contributed by atoms with E-state index < -0.39 is 0 Å². The molecule has 0 saturated carbocycles. The van der Waals surface area contributed by atoms with E-state index in [1.807, 2.05) is 84.9 Å². The number of aromatic nitrogens is 4. The van der Waals surface area contributed by atoms with Crippen molar-refractivity contribution in [2.45, 2.75) is 0 Å². The molecule has 3 heterocycles. The highest BCUT2D eigenvalue weighted by atomic mass is 32.1. The van der Waals surface area contributed by atoms with E-state index in [9.17, 15) is 10.5 Å². The molecule has 70 heavy (non-hydrogen) atoms. The van der Waals surface area contributed by atoms with E-state index in [1.165, 1.54) is 20.2 Å². The largest absolute Gasteiger partial charge is 0.308 e. The molecular formula is C61H32N8S. The number of nitriles is 2. The molecule has 9 heteroatoms. The first kappa shape index (κ1) is 41.4. The summed E-state index contributed by atoms with van der Waals surface area (Å²) >= 11 is 1.78. The van der Waals surface area contributed by atoms with Gasteiger partial charge in [0.25, 0.3) is 0 Å². The molecule has 0 fully saturated rings. The third-order valence-corrected chi connectivity index (χ3v) is 14.0. The predicted molar refractivity (Wildman–Crippen MR) is 282 cm³/mol. The first-order valence-electron chi connectivity index (χ1n) is 22.3. The van der Waals surface area contributed by atoms with Crippen molar-refractivity contribution >= 4 is 64.7 Å². The first-order chi connectivity index (χ1) is 34.5. The second kappa shape index (κ2) is 17.0. The van der Waals surface area contributed by atoms with Crippen molar-refractivity contribution in [3.63, 3.8) is 0 Å². The summed E-state index contributed by atoms with van der Waals surface area (Å²) in [6.45, 7) is 15.6. The van der Waals surface area contributed by atoms with Gasteiger partial charge in [-0.25, -0.2) is 24.6 Å². The van der Waals surface area contributed by atoms with Crippen LogP contribution in [0.15, 0.2) is 194 Å². The molecule has 12 aromatic rings. The van der Waals surface area contributed by atoms with E-state index in [2.05, 4.69) is 111 Å². The summed E-state index contributed by atoms with van der Waals surface area (Å²) in [5.41, 5.74) is 11.8. The van der Waals surface area contributed by atoms with Crippen LogP contribution < -0.4 is 0 Å². The van der Waals surface area contributed by atoms with Crippen LogP contribution in [0.4, 0.5) is 11.4 Å². The number of rotatable bonds is 7. The molecule has 0 aliphatic rings. The summed E-state index contributed by atoms with van der Waals surface area (Å²) in [5, 5.41) is 24.2. The highest BCUT2D eigenvalue weighted by molar-refractivity contribution is 7.26. The molecule has 0 N–H and O–H groups in total. The Kier molecular flexibility index (Phi) is 10.1. The van der Waals surface area contributed by atoms with Crippen LogP contribution in [0, 0.1) is 35.8 Å². The lowest BCUT2D eigenvalue weighted by molar-refractivity contribution is 1.06. The van der Waals surface area contributed by atoms with E-state index in [0.717, 1.165) is 66.4 Å². The molecule has 0 saturated heterocycles. The number of thiophene rings is 1. The monoisotopic (exact) mass is 908 g/mol. The Balaban J connectivity index is 1.17. The van der Waals surface area contributed by atoms with Crippen molar-refractivity contribution in [2.75, 3.05) is 0 Å². The van der Waals surface area contributed by atoms with Crippen molar-refractivity contribution in [1.82, 2.24) is 19.5 Å². The highest BCUT2D eigenvalue weighted by Gasteiger charge is 2.23. The van der Waals surface area contributed by atoms with E-state index in [4.69, 9.17) is 28.1 Å². The lowest BCUT2D eigenvalue weighted by Crippen LogP contribution is -2.04. The molecule has 0 spiro atoms. The van der Waals surface area contributed by atoms with Crippen LogP contribution in [0.1, 0.15) is 11.1 Å². The van der Waals surface area contributed by atoms with E-state index in [-0.39, 0.29) is 0 Å². The van der Waals surface area contributed by atoms with Crippen molar-refractivity contribution in [3.05, 3.63) is 228 Å². The minimum atomic E-state index is 0.381. The van der Waals surface area contributed by atoms with Crippen LogP contribution in [0.3, 0.4) is 0 Å². The standard InChI is InChI=1S/C61H32N8S/c1-64-44-24-26-45(43(31-44)36-63)40-21-27-54-50(32-40)51-33-41(46-25-20-37(35-62)30-53(46)65-2)22-28-55(51)69(54)56-29-23-42(47-17-11-18-49-48-16-9-10-19-57(48)70-58(47)49)34-52(56)61-67-59(38-12-5-3-6-13-38)66-60(68-61)39-14-7-4-8-15-39/h3-34H. The molecule has 0 aliphatic carbocycles. The lowest BCUT2D eigenvalue weighted by atomic mass is 9.97. The average Bonchev–Trinajstić information content (AvgIpc) is 3.98. The highest BCUT2D eigenvalue weighted by Crippen LogP contribution is 2.45. The Morgan fingerprint density at radius 2 is 1.06 bits per heavy atom. The van der Waals surface area contributed by atoms with Crippen LogP contribution in [-0.4, -0.2) is 19.5 Å². The van der Waals surface area contributed by atoms with Crippen molar-refractivity contribution in [3.8, 4) is 85.4 Å². The quantitative estimate of drug-likeness (QED) is 0.148. The molecule has 0 aliphatic heterocycles. The fraction of sp³-hybridized carbons (Fsp3) is 0. The summed E-state index contributed by atoms with van der Waals surface area (Å²) in [5.74, 6) is 1.58. The van der Waals surface area contributed by atoms with Gasteiger partial charge in [0.05, 0.1) is 42.0 Å². The van der Waals surface area contributed by atoms with E-state index in [0.29, 0.717) is 51.1 Å². The van der Waals surface area contributed by atoms with Crippen LogP contribution in [0.2, 0.25) is 0 Å². The van der Waals surface area contributed by atoms with Crippen LogP contribution >= 0.6 is 11.3 Å². The summed E-state index contributed by atoms with van der Waals surface area (Å²) in [6, 6.07) is 68.7. The zero-order chi connectivity index (χ0) is 47.3. The zero-order valence-corrected chi connectivity index (χ0v) is 37.8. The molecule has 3 aromatic heterocycles. The number of fused-ring (bicyclic) bond motifs is 6. The number of hydrogen-bond donors (Lipinski definition) is 0. The van der Waals surface area contributed by atoms with Crippen LogP contribution in [0.25, 0.3) is 125 Å². The Morgan fingerprint density at radius 3 is 1.73 bits per heavy atom. The second-order valence-electron chi connectivity index (χ2n) is 16.8. The van der Waals surface area contributed by atoms with Gasteiger partial charge in [0.2, 0.25) is 0 Å². The first-order valence-corrected chi connectivity index (χ1v) is 23.2. The molecule has 12 rings (SSSR count). The van der Waals surface area contributed by atoms with Crippen LogP contribution in [0.5, 0.6) is 0 Å². The molecule has 0 atom stereocenters. The van der Waals surface area contributed by atoms with Gasteiger partial charge < -0.3 is 4.57 Å². The molecule has 322 valence electrons. The number of hydrogen-bond acceptors (Lipinski definition) is 6. The zero-order valence-electron chi connectivity index (χ0n) is 37.0. The topological polar surface area (TPSA) is 99.9 Å². The van der Waals surface area contributed by atoms with Crippen molar-refractivity contribution in [1.29, 1.82) is 10.5 Å². The minimum Gasteiger partial charge on any atom is -0.308 e. The second-order valence-corrected chi connectivity index (χ2v) is 17.8. The molecule has 0 amide bonds. The Labute approximate surface area is 406 Å². The molecule has 0 radical (unpaired) electrons. The van der Waals surface area contributed by atoms with Gasteiger partial charge in [0, 0.05) is 58.8 Å². The Morgan fingerprint density at radius 1 is 0.443 bits per heavy atom. The maximum Gasteiger partial charge on any atom is 0.196 e. The SMILES string of the molecule is [C-]#[N+]c1ccc(-c2ccc3c(c2)c2cc(-c4ccc(C#N)cc4[N+]#[C-])ccc2n3-c2ccc(-c3cccc4c3sc3ccccc34)cc2-c2nc(-c3ccccc3)nc(-c3ccccc3)n2)c(C#N)c1. The summed E-state index contributed by atoms with van der Waals surface area (Å²) in [6.07, 6.45) is 0. The Hall–Kier alpha value is -10.0. The van der Waals surface area contributed by atoms with Crippen LogP contribution in [-0.2, 0) is 0 Å². The summed E-state index contributed by atoms with van der Waals surface area (Å²) in [7, 11) is 0. The third kappa shape index (κ3) is 7.00. The van der Waals surface area contributed by atoms with E-state index in [1.54, 1.807) is 35.6 Å². The lowest BCUT2D eigenvalue weighted by Gasteiger charge is -2.17. The fourth-order valence-electron chi connectivity index (χ4n) is 9.48. The van der Waals surface area contributed by atoms with Gasteiger partial charge in [-0.3, -0.25) is 0 Å². The maximum absolute atomic E-state index is 10.3. The van der Waals surface area contributed by atoms with E-state index >= 15 is 0 Å². The van der Waals surface area contributed by atoms with Gasteiger partial charge in [-0.2, -0.15) is 10.5 Å². The fourth-order valence-corrected chi connectivity index (χ4v) is 10.7. The molecule has 8 nitrogen and oxygen atoms in total. The van der Waals surface area contributed by atoms with Gasteiger partial charge in [-0.1, -0.05) is 133 Å². The molecule has 9 aromatic carbocycles. The Bertz CT molecular complexity index is 4100. The normalized spacial score (nSPS) is 11.1. The summed E-state index contributed by atoms with van der Waals surface area (Å²) in [4.78, 5) is 23.1. The van der Waals surface area contributed by atoms with Crippen molar-refractivity contribution < 1.29 is 0 Å². The minimum absolute atomic E-state index is 0.381. The summed E-state index contributed by atoms with van der Waals surface area (Å²) < 4.78 is 4.65. The van der Waals surface area contributed by atoms with Gasteiger partial charge in [-0.15, -0.1) is 11.3 Å². The number of benzene rings is 9. The van der Waals surface area contributed by atoms with Gasteiger partial charge in [0.1, 0.15) is 0 Å². The molecule has 0 bridgehead atoms. The number of nitrogens with zero attached hydrogens (tertiary/aromatic N) is 8. The molecule has 0 unspecified atom stereocenters. The predicted octanol–water partition coefficient (Wildman–Crippen LogP) is 16.2. The average molecular weight is 909 g/mol. The van der Waals surface area contributed by atoms with Gasteiger partial charge in [-0.05, 0) is 94.0 Å². The third-order valence-electron chi connectivity index (χ3n) is 12.8.